The maximum atomic E-state index is 12.7. The van der Waals surface area contributed by atoms with Crippen LogP contribution in [0.4, 0.5) is 5.69 Å². The van der Waals surface area contributed by atoms with Crippen molar-refractivity contribution in [2.45, 2.75) is 20.8 Å². The van der Waals surface area contributed by atoms with E-state index in [0.29, 0.717) is 28.1 Å². The van der Waals surface area contributed by atoms with Crippen LogP contribution >= 0.6 is 0 Å². The molecule has 0 aromatic heterocycles. The summed E-state index contributed by atoms with van der Waals surface area (Å²) in [5, 5.41) is 17.3. The number of guanidine groups is 1. The first kappa shape index (κ1) is 31.1. The number of nitrogens with zero attached hydrogens (tertiary/aromatic N) is 1. The van der Waals surface area contributed by atoms with E-state index in [0.717, 1.165) is 6.92 Å². The van der Waals surface area contributed by atoms with Gasteiger partial charge in [0.25, 0.3) is 5.97 Å². The molecule has 2 aromatic carbocycles. The summed E-state index contributed by atoms with van der Waals surface area (Å²) in [6, 6.07) is 13.0. The van der Waals surface area contributed by atoms with Crippen LogP contribution in [0, 0.1) is 5.41 Å². The van der Waals surface area contributed by atoms with Gasteiger partial charge in [0.1, 0.15) is 12.3 Å². The van der Waals surface area contributed by atoms with Crippen LogP contribution in [-0.4, -0.2) is 59.5 Å². The average Bonchev–Trinajstić information content (AvgIpc) is 2.84. The van der Waals surface area contributed by atoms with Crippen LogP contribution in [0.25, 0.3) is 6.08 Å². The van der Waals surface area contributed by atoms with E-state index in [1.54, 1.807) is 68.5 Å². The van der Waals surface area contributed by atoms with E-state index in [1.165, 1.54) is 11.0 Å². The zero-order valence-electron chi connectivity index (χ0n) is 21.5. The highest BCUT2D eigenvalue weighted by Crippen LogP contribution is 2.18. The number of rotatable bonds is 10. The van der Waals surface area contributed by atoms with Crippen molar-refractivity contribution in [2.24, 2.45) is 5.73 Å². The lowest BCUT2D eigenvalue weighted by Crippen LogP contribution is -2.37. The lowest BCUT2D eigenvalue weighted by molar-refractivity contribution is -0.147. The Balaban J connectivity index is 0.00000168. The number of aliphatic carboxylic acids is 1. The topological polar surface area (TPSA) is 172 Å². The quantitative estimate of drug-likeness (QED) is 0.0908. The molecule has 11 nitrogen and oxygen atoms in total. The van der Waals surface area contributed by atoms with Crippen LogP contribution in [0.1, 0.15) is 36.7 Å². The van der Waals surface area contributed by atoms with Crippen molar-refractivity contribution in [3.05, 3.63) is 77.9 Å². The summed E-state index contributed by atoms with van der Waals surface area (Å²) in [7, 11) is 0. The molecular weight excluding hydrogens is 492 g/mol. The Morgan fingerprint density at radius 1 is 1.08 bits per heavy atom. The Morgan fingerprint density at radius 3 is 2.16 bits per heavy atom. The Bertz CT molecular complexity index is 1170. The van der Waals surface area contributed by atoms with Gasteiger partial charge in [0, 0.05) is 24.7 Å². The first-order valence-electron chi connectivity index (χ1n) is 11.4. The number of nitrogens with two attached hydrogens (primary N) is 1. The zero-order valence-corrected chi connectivity index (χ0v) is 21.5. The van der Waals surface area contributed by atoms with Crippen LogP contribution in [0.3, 0.4) is 0 Å². The summed E-state index contributed by atoms with van der Waals surface area (Å²) in [6.07, 6.45) is 3.21. The summed E-state index contributed by atoms with van der Waals surface area (Å²) in [6.45, 7) is 8.34. The second kappa shape index (κ2) is 15.9. The molecule has 0 aliphatic carbocycles. The monoisotopic (exact) mass is 524 g/mol. The fourth-order valence-corrected chi connectivity index (χ4v) is 2.94. The number of carboxylic acids is 1. The minimum Gasteiger partial charge on any atom is -0.481 e. The maximum Gasteiger partial charge on any atom is 0.343 e. The van der Waals surface area contributed by atoms with Crippen molar-refractivity contribution >= 4 is 41.5 Å². The molecule has 0 unspecified atom stereocenters. The molecule has 1 amide bonds. The molecule has 0 saturated carbocycles. The number of ether oxygens (including phenoxy) is 2. The molecule has 0 bridgehead atoms. The highest BCUT2D eigenvalue weighted by molar-refractivity contribution is 5.99. The van der Waals surface area contributed by atoms with Crippen LogP contribution < -0.4 is 15.8 Å². The summed E-state index contributed by atoms with van der Waals surface area (Å²) in [4.78, 5) is 47.3. The van der Waals surface area contributed by atoms with E-state index in [9.17, 15) is 14.4 Å². The number of esters is 2. The van der Waals surface area contributed by atoms with E-state index in [1.807, 2.05) is 0 Å². The molecule has 0 heterocycles. The first-order valence-corrected chi connectivity index (χ1v) is 11.4. The molecule has 0 aliphatic rings. The normalized spacial score (nSPS) is 10.2. The number of amides is 1. The van der Waals surface area contributed by atoms with Crippen molar-refractivity contribution in [3.63, 3.8) is 0 Å². The van der Waals surface area contributed by atoms with Gasteiger partial charge < -0.3 is 30.5 Å². The Hall–Kier alpha value is -4.93. The molecule has 2 rings (SSSR count). The smallest absolute Gasteiger partial charge is 0.343 e. The molecule has 0 fully saturated rings. The third-order valence-electron chi connectivity index (χ3n) is 4.47. The SMILES string of the molecule is C=CCN(CC(=O)OCC)C(=O)/C(C)=C/c1ccc(C(=O)Oc2ccc(NC(=N)N)cc2)cc1.CC(=O)O. The fraction of sp³-hybridized carbons (Fsp3) is 0.222. The van der Waals surface area contributed by atoms with Crippen LogP contribution in [0.5, 0.6) is 5.75 Å². The Labute approximate surface area is 221 Å². The molecular formula is C27H32N4O7. The van der Waals surface area contributed by atoms with Crippen LogP contribution in [0.15, 0.2) is 66.8 Å². The third kappa shape index (κ3) is 11.7. The van der Waals surface area contributed by atoms with Gasteiger partial charge in [-0.25, -0.2) is 4.79 Å². The lowest BCUT2D eigenvalue weighted by atomic mass is 10.1. The third-order valence-corrected chi connectivity index (χ3v) is 4.47. The highest BCUT2D eigenvalue weighted by Gasteiger charge is 2.18. The molecule has 11 heteroatoms. The van der Waals surface area contributed by atoms with Crippen molar-refractivity contribution in [1.82, 2.24) is 4.90 Å². The number of benzene rings is 2. The minimum absolute atomic E-state index is 0.166. The molecule has 38 heavy (non-hydrogen) atoms. The van der Waals surface area contributed by atoms with E-state index < -0.39 is 17.9 Å². The second-order valence-corrected chi connectivity index (χ2v) is 7.70. The molecule has 202 valence electrons. The molecule has 0 saturated heterocycles. The predicted octanol–water partition coefficient (Wildman–Crippen LogP) is 3.28. The standard InChI is InChI=1S/C25H28N4O5.C2H4O2/c1-4-14-29(16-22(30)33-5-2)23(31)17(3)15-18-6-8-19(9-7-18)24(32)34-21-12-10-20(11-13-21)28-25(26)27;1-2(3)4/h4,6-13,15H,1,5,14,16H2,2-3H3,(H4,26,27,28);1H3,(H,3,4)/b17-15+;. The minimum atomic E-state index is -0.833. The van der Waals surface area contributed by atoms with Gasteiger partial charge in [-0.2, -0.15) is 0 Å². The summed E-state index contributed by atoms with van der Waals surface area (Å²) in [5.74, 6) is -2.03. The molecule has 2 aromatic rings. The number of hydrogen-bond acceptors (Lipinski definition) is 7. The van der Waals surface area contributed by atoms with E-state index in [4.69, 9.17) is 30.5 Å². The van der Waals surface area contributed by atoms with Crippen LogP contribution in [-0.2, 0) is 19.1 Å². The van der Waals surface area contributed by atoms with Gasteiger partial charge in [-0.3, -0.25) is 19.8 Å². The maximum absolute atomic E-state index is 12.7. The molecule has 0 spiro atoms. The Kier molecular flexibility index (Phi) is 13.0. The highest BCUT2D eigenvalue weighted by atomic mass is 16.5. The predicted molar refractivity (Wildman–Crippen MR) is 144 cm³/mol. The van der Waals surface area contributed by atoms with Gasteiger partial charge in [0.05, 0.1) is 12.2 Å². The number of carbonyl (C=O) groups is 4. The van der Waals surface area contributed by atoms with Crippen molar-refractivity contribution in [1.29, 1.82) is 5.41 Å². The number of carboxylic acid groups (broad SMARTS) is 1. The fourth-order valence-electron chi connectivity index (χ4n) is 2.94. The van der Waals surface area contributed by atoms with Crippen LogP contribution in [0.2, 0.25) is 0 Å². The summed E-state index contributed by atoms with van der Waals surface area (Å²) >= 11 is 0. The van der Waals surface area contributed by atoms with Gasteiger partial charge in [-0.15, -0.1) is 6.58 Å². The lowest BCUT2D eigenvalue weighted by Gasteiger charge is -2.20. The second-order valence-electron chi connectivity index (χ2n) is 7.70. The van der Waals surface area contributed by atoms with Crippen molar-refractivity contribution < 1.29 is 33.8 Å². The largest absolute Gasteiger partial charge is 0.481 e. The van der Waals surface area contributed by atoms with E-state index in [-0.39, 0.29) is 31.6 Å². The van der Waals surface area contributed by atoms with Gasteiger partial charge >= 0.3 is 11.9 Å². The van der Waals surface area contributed by atoms with E-state index in [2.05, 4.69) is 11.9 Å². The molecule has 0 radical (unpaired) electrons. The molecule has 0 atom stereocenters. The summed E-state index contributed by atoms with van der Waals surface area (Å²) < 4.78 is 10.3. The van der Waals surface area contributed by atoms with Gasteiger partial charge in [-0.1, -0.05) is 18.2 Å². The van der Waals surface area contributed by atoms with Gasteiger partial charge in [0.15, 0.2) is 5.96 Å². The molecule has 0 aliphatic heterocycles. The first-order chi connectivity index (χ1) is 18.0. The van der Waals surface area contributed by atoms with Crippen molar-refractivity contribution in [3.8, 4) is 5.75 Å². The van der Waals surface area contributed by atoms with E-state index >= 15 is 0 Å². The van der Waals surface area contributed by atoms with Gasteiger partial charge in [-0.05, 0) is 61.9 Å². The number of nitrogens with one attached hydrogen (secondary N) is 2. The zero-order chi connectivity index (χ0) is 28.7. The van der Waals surface area contributed by atoms with Crippen molar-refractivity contribution in [2.75, 3.05) is 25.0 Å². The number of carbonyl (C=O) groups excluding carboxylic acids is 3. The summed E-state index contributed by atoms with van der Waals surface area (Å²) in [5.41, 5.74) is 7.33. The van der Waals surface area contributed by atoms with Gasteiger partial charge in [0.2, 0.25) is 5.91 Å². The average molecular weight is 525 g/mol. The Morgan fingerprint density at radius 2 is 1.66 bits per heavy atom. The number of anilines is 1. The molecule has 5 N–H and O–H groups in total. The number of hydrogen-bond donors (Lipinski definition) is 4.